The molecule has 1 aromatic heterocycles. The second-order valence-corrected chi connectivity index (χ2v) is 7.62. The Kier molecular flexibility index (Phi) is 4.73. The molecule has 0 bridgehead atoms. The minimum absolute atomic E-state index is 0.118. The lowest BCUT2D eigenvalue weighted by Crippen LogP contribution is -2.28. The highest BCUT2D eigenvalue weighted by atomic mass is 32.2. The molecule has 0 saturated heterocycles. The van der Waals surface area contributed by atoms with Gasteiger partial charge in [-0.05, 0) is 66.1 Å². The van der Waals surface area contributed by atoms with Crippen LogP contribution in [0.3, 0.4) is 0 Å². The van der Waals surface area contributed by atoms with Crippen LogP contribution < -0.4 is 4.72 Å². The van der Waals surface area contributed by atoms with E-state index in [2.05, 4.69) is 22.7 Å². The van der Waals surface area contributed by atoms with Crippen molar-refractivity contribution in [1.29, 1.82) is 0 Å². The summed E-state index contributed by atoms with van der Waals surface area (Å²) in [6.07, 6.45) is 2.75. The first-order chi connectivity index (χ1) is 11.5. The van der Waals surface area contributed by atoms with Gasteiger partial charge in [-0.3, -0.25) is 0 Å². The second-order valence-electron chi connectivity index (χ2n) is 5.85. The highest BCUT2D eigenvalue weighted by Crippen LogP contribution is 2.24. The largest absolute Gasteiger partial charge is 0.361 e. The lowest BCUT2D eigenvalue weighted by atomic mass is 9.96. The molecule has 3 aromatic rings. The van der Waals surface area contributed by atoms with Gasteiger partial charge in [0.1, 0.15) is 0 Å². The molecule has 0 fully saturated rings. The van der Waals surface area contributed by atoms with Crippen LogP contribution >= 0.6 is 0 Å². The normalized spacial score (nSPS) is 13.2. The summed E-state index contributed by atoms with van der Waals surface area (Å²) in [7, 11) is -3.53. The number of aromatic nitrogens is 1. The molecule has 2 aromatic carbocycles. The summed E-state index contributed by atoms with van der Waals surface area (Å²) in [5, 5.41) is 1.13. The van der Waals surface area contributed by atoms with Gasteiger partial charge in [0.15, 0.2) is 0 Å². The Labute approximate surface area is 143 Å². The third kappa shape index (κ3) is 3.52. The minimum atomic E-state index is -3.53. The highest BCUT2D eigenvalue weighted by molar-refractivity contribution is 7.89. The molecular formula is C19H20N2O2S. The number of H-pyrrole nitrogens is 1. The van der Waals surface area contributed by atoms with Crippen molar-refractivity contribution in [3.05, 3.63) is 72.8 Å². The first-order valence-corrected chi connectivity index (χ1v) is 9.40. The average Bonchev–Trinajstić information content (AvgIpc) is 3.03. The fourth-order valence-electron chi connectivity index (χ4n) is 2.76. The van der Waals surface area contributed by atoms with Gasteiger partial charge in [-0.25, -0.2) is 13.1 Å². The fraction of sp³-hybridized carbons (Fsp3) is 0.211. The van der Waals surface area contributed by atoms with Crippen LogP contribution in [0.5, 0.6) is 0 Å². The van der Waals surface area contributed by atoms with Crippen LogP contribution in [0.15, 0.2) is 59.6 Å². The second kappa shape index (κ2) is 6.79. The molecule has 0 aliphatic carbocycles. The van der Waals surface area contributed by atoms with E-state index in [1.807, 2.05) is 24.4 Å². The zero-order valence-electron chi connectivity index (χ0n) is 13.5. The van der Waals surface area contributed by atoms with E-state index in [1.54, 1.807) is 12.1 Å². The molecule has 0 amide bonds. The quantitative estimate of drug-likeness (QED) is 0.719. The van der Waals surface area contributed by atoms with Crippen molar-refractivity contribution in [2.45, 2.75) is 24.2 Å². The molecule has 1 unspecified atom stereocenters. The van der Waals surface area contributed by atoms with Gasteiger partial charge in [0.05, 0.1) is 4.90 Å². The number of hydrogen-bond acceptors (Lipinski definition) is 2. The first-order valence-electron chi connectivity index (χ1n) is 7.92. The number of fused-ring (bicyclic) bond motifs is 1. The van der Waals surface area contributed by atoms with E-state index in [4.69, 9.17) is 6.92 Å². The lowest BCUT2D eigenvalue weighted by Gasteiger charge is -2.17. The van der Waals surface area contributed by atoms with Gasteiger partial charge >= 0.3 is 0 Å². The van der Waals surface area contributed by atoms with Crippen molar-refractivity contribution in [3.8, 4) is 0 Å². The van der Waals surface area contributed by atoms with Crippen LogP contribution in [0.2, 0.25) is 0 Å². The van der Waals surface area contributed by atoms with Crippen molar-refractivity contribution < 1.29 is 8.42 Å². The molecule has 0 saturated carbocycles. The Morgan fingerprint density at radius 3 is 2.58 bits per heavy atom. The number of benzene rings is 2. The van der Waals surface area contributed by atoms with Crippen LogP contribution in [0.25, 0.3) is 10.9 Å². The van der Waals surface area contributed by atoms with Crippen molar-refractivity contribution in [2.24, 2.45) is 0 Å². The highest BCUT2D eigenvalue weighted by Gasteiger charge is 2.17. The van der Waals surface area contributed by atoms with Gasteiger partial charge in [0.25, 0.3) is 0 Å². The van der Waals surface area contributed by atoms with Crippen molar-refractivity contribution in [1.82, 2.24) is 9.71 Å². The van der Waals surface area contributed by atoms with E-state index >= 15 is 0 Å². The number of hydrogen-bond donors (Lipinski definition) is 2. The maximum absolute atomic E-state index is 12.4. The topological polar surface area (TPSA) is 62.0 Å². The molecule has 1 atom stereocenters. The standard InChI is InChI=1S/C19H20N2O2S/c1-3-15(16-6-9-19-17(12-16)10-11-20-19)13-21-24(22,23)18-7-4-14(2)5-8-18/h2,4-12,15,20-21H,3,13H2,1H3. The Bertz CT molecular complexity index is 927. The van der Waals surface area contributed by atoms with Crippen LogP contribution in [-0.4, -0.2) is 19.9 Å². The summed E-state index contributed by atoms with van der Waals surface area (Å²) in [6.45, 7) is 8.03. The summed E-state index contributed by atoms with van der Waals surface area (Å²) in [5.74, 6) is 0.118. The molecule has 2 N–H and O–H groups in total. The molecule has 0 spiro atoms. The molecule has 4 nitrogen and oxygen atoms in total. The van der Waals surface area contributed by atoms with Gasteiger partial charge in [-0.2, -0.15) is 0 Å². The van der Waals surface area contributed by atoms with Gasteiger partial charge in [-0.1, -0.05) is 25.1 Å². The van der Waals surface area contributed by atoms with E-state index in [0.717, 1.165) is 22.9 Å². The van der Waals surface area contributed by atoms with Crippen LogP contribution in [0, 0.1) is 6.92 Å². The summed E-state index contributed by atoms with van der Waals surface area (Å²) in [6, 6.07) is 14.4. The summed E-state index contributed by atoms with van der Waals surface area (Å²) < 4.78 is 27.5. The lowest BCUT2D eigenvalue weighted by molar-refractivity contribution is 0.566. The molecule has 24 heavy (non-hydrogen) atoms. The van der Waals surface area contributed by atoms with E-state index in [9.17, 15) is 8.42 Å². The van der Waals surface area contributed by atoms with Gasteiger partial charge < -0.3 is 4.98 Å². The van der Waals surface area contributed by atoms with Crippen molar-refractivity contribution >= 4 is 20.9 Å². The zero-order chi connectivity index (χ0) is 17.2. The maximum Gasteiger partial charge on any atom is 0.240 e. The minimum Gasteiger partial charge on any atom is -0.361 e. The molecule has 0 aliphatic rings. The predicted molar refractivity (Wildman–Crippen MR) is 96.4 cm³/mol. The van der Waals surface area contributed by atoms with E-state index in [0.29, 0.717) is 12.1 Å². The van der Waals surface area contributed by atoms with Gasteiger partial charge in [0.2, 0.25) is 10.0 Å². The molecule has 2 radical (unpaired) electrons. The Balaban J connectivity index is 1.76. The van der Waals surface area contributed by atoms with Crippen molar-refractivity contribution in [3.63, 3.8) is 0 Å². The van der Waals surface area contributed by atoms with Crippen molar-refractivity contribution in [2.75, 3.05) is 6.54 Å². The van der Waals surface area contributed by atoms with Crippen LogP contribution in [0.4, 0.5) is 0 Å². The van der Waals surface area contributed by atoms with E-state index < -0.39 is 10.0 Å². The van der Waals surface area contributed by atoms with Gasteiger partial charge in [-0.15, -0.1) is 0 Å². The number of nitrogens with one attached hydrogen (secondary N) is 2. The first kappa shape index (κ1) is 16.7. The average molecular weight is 340 g/mol. The monoisotopic (exact) mass is 340 g/mol. The summed E-state index contributed by atoms with van der Waals surface area (Å²) >= 11 is 0. The Morgan fingerprint density at radius 1 is 1.12 bits per heavy atom. The van der Waals surface area contributed by atoms with E-state index in [1.165, 1.54) is 12.1 Å². The number of sulfonamides is 1. The fourth-order valence-corrected chi connectivity index (χ4v) is 3.85. The molecule has 0 aliphatic heterocycles. The zero-order valence-corrected chi connectivity index (χ0v) is 14.3. The summed E-state index contributed by atoms with van der Waals surface area (Å²) in [5.41, 5.74) is 2.75. The van der Waals surface area contributed by atoms with Crippen LogP contribution in [-0.2, 0) is 10.0 Å². The third-order valence-corrected chi connectivity index (χ3v) is 5.69. The summed E-state index contributed by atoms with van der Waals surface area (Å²) in [4.78, 5) is 3.39. The molecule has 1 heterocycles. The number of aromatic amines is 1. The van der Waals surface area contributed by atoms with Crippen LogP contribution in [0.1, 0.15) is 30.4 Å². The molecule has 3 rings (SSSR count). The van der Waals surface area contributed by atoms with Gasteiger partial charge in [0, 0.05) is 18.3 Å². The molecular weight excluding hydrogens is 320 g/mol. The molecule has 5 heteroatoms. The Hall–Kier alpha value is -2.11. The smallest absolute Gasteiger partial charge is 0.240 e. The van der Waals surface area contributed by atoms with E-state index in [-0.39, 0.29) is 10.8 Å². The number of rotatable bonds is 6. The molecule has 124 valence electrons. The third-order valence-electron chi connectivity index (χ3n) is 4.25. The SMILES string of the molecule is [CH]c1ccc(S(=O)(=O)NCC(CC)c2ccc3[nH]ccc3c2)cc1. The predicted octanol–water partition coefficient (Wildman–Crippen LogP) is 3.70. The maximum atomic E-state index is 12.4. The Morgan fingerprint density at radius 2 is 1.88 bits per heavy atom.